The lowest BCUT2D eigenvalue weighted by molar-refractivity contribution is -0.149. The largest absolute Gasteiger partial charge is 0.466 e. The second-order valence-electron chi connectivity index (χ2n) is 11.5. The minimum absolute atomic E-state index is 0.0167. The zero-order valence-electron chi connectivity index (χ0n) is 25.4. The molecule has 2 heterocycles. The van der Waals surface area contributed by atoms with Gasteiger partial charge >= 0.3 is 18.3 Å². The fourth-order valence-corrected chi connectivity index (χ4v) is 5.41. The number of nitrogens with zero attached hydrogens (tertiary/aromatic N) is 2. The van der Waals surface area contributed by atoms with E-state index in [0.717, 1.165) is 11.0 Å². The molecule has 1 N–H and O–H groups in total. The zero-order chi connectivity index (χ0) is 34.4. The highest BCUT2D eigenvalue weighted by Gasteiger charge is 2.43. The highest BCUT2D eigenvalue weighted by Crippen LogP contribution is 2.42. The van der Waals surface area contributed by atoms with Gasteiger partial charge in [0, 0.05) is 19.0 Å². The monoisotopic (exact) mass is 653 g/mol. The molecule has 7 nitrogen and oxygen atoms in total. The van der Waals surface area contributed by atoms with E-state index in [1.54, 1.807) is 13.8 Å². The molecule has 14 heteroatoms. The van der Waals surface area contributed by atoms with Gasteiger partial charge in [-0.25, -0.2) is 4.39 Å². The van der Waals surface area contributed by atoms with Gasteiger partial charge in [-0.05, 0) is 80.8 Å². The number of nitrogens with one attached hydrogen (secondary N) is 1. The van der Waals surface area contributed by atoms with Crippen LogP contribution in [-0.4, -0.2) is 36.4 Å². The molecule has 0 aliphatic carbocycles. The van der Waals surface area contributed by atoms with E-state index in [9.17, 15) is 45.1 Å². The number of amides is 2. The topological polar surface area (TPSA) is 88.6 Å². The third-order valence-corrected chi connectivity index (χ3v) is 7.92. The molecular weight excluding hydrogens is 623 g/mol. The maximum atomic E-state index is 14.1. The molecule has 0 saturated carbocycles. The quantitative estimate of drug-likeness (QED) is 0.221. The molecule has 246 valence electrons. The van der Waals surface area contributed by atoms with Crippen molar-refractivity contribution in [2.24, 2.45) is 5.92 Å². The maximum absolute atomic E-state index is 14.1. The van der Waals surface area contributed by atoms with E-state index in [1.165, 1.54) is 45.3 Å². The Bertz CT molecular complexity index is 1650. The number of alkyl halides is 6. The van der Waals surface area contributed by atoms with Crippen molar-refractivity contribution in [3.8, 4) is 11.1 Å². The Morgan fingerprint density at radius 3 is 2.09 bits per heavy atom. The summed E-state index contributed by atoms with van der Waals surface area (Å²) in [5, 5.41) is 2.69. The first-order chi connectivity index (χ1) is 21.2. The van der Waals surface area contributed by atoms with Crippen molar-refractivity contribution in [2.45, 2.75) is 57.9 Å². The van der Waals surface area contributed by atoms with E-state index in [0.29, 0.717) is 23.3 Å². The summed E-state index contributed by atoms with van der Waals surface area (Å²) in [5.74, 6) is -3.42. The SMILES string of the molecule is CCOC(=O)C1CC(=O)NC1c1cc(-c2ccc(F)cc2C)c(N(C)C(=O)C(C)(C)c2cc(C(F)(F)F)cc(C(F)(F)F)c2)cn1. The minimum Gasteiger partial charge on any atom is -0.466 e. The van der Waals surface area contributed by atoms with Crippen LogP contribution in [0.5, 0.6) is 0 Å². The van der Waals surface area contributed by atoms with Gasteiger partial charge < -0.3 is 15.0 Å². The van der Waals surface area contributed by atoms with Crippen LogP contribution in [0.2, 0.25) is 0 Å². The number of anilines is 1. The smallest absolute Gasteiger partial charge is 0.416 e. The lowest BCUT2D eigenvalue weighted by Gasteiger charge is -2.32. The lowest BCUT2D eigenvalue weighted by Crippen LogP contribution is -2.42. The van der Waals surface area contributed by atoms with Crippen molar-refractivity contribution in [3.63, 3.8) is 0 Å². The van der Waals surface area contributed by atoms with Gasteiger partial charge in [0.05, 0.1) is 52.7 Å². The summed E-state index contributed by atoms with van der Waals surface area (Å²) in [6.45, 7) is 5.67. The third kappa shape index (κ3) is 6.85. The van der Waals surface area contributed by atoms with Crippen LogP contribution in [0.25, 0.3) is 11.1 Å². The molecule has 1 saturated heterocycles. The van der Waals surface area contributed by atoms with Gasteiger partial charge in [0.2, 0.25) is 11.8 Å². The van der Waals surface area contributed by atoms with Crippen molar-refractivity contribution >= 4 is 23.5 Å². The number of ether oxygens (including phenoxy) is 1. The number of rotatable bonds is 7. The van der Waals surface area contributed by atoms with Gasteiger partial charge in [0.1, 0.15) is 5.82 Å². The fraction of sp³-hybridized carbons (Fsp3) is 0.375. The van der Waals surface area contributed by atoms with Crippen LogP contribution in [0.1, 0.15) is 61.2 Å². The number of hydrogen-bond donors (Lipinski definition) is 1. The standard InChI is InChI=1S/C32H30F7N3O4/c1-6-46-28(44)23-14-26(43)41-27(23)24-13-22(21-8-7-20(33)9-16(21)2)25(15-40-24)42(5)29(45)30(3,4)17-10-18(31(34,35)36)12-19(11-17)32(37,38)39/h7-13,15,23,27H,6,14H2,1-5H3,(H,41,43). The van der Waals surface area contributed by atoms with Crippen LogP contribution in [-0.2, 0) is 36.9 Å². The average molecular weight is 654 g/mol. The van der Waals surface area contributed by atoms with Crippen LogP contribution in [0.3, 0.4) is 0 Å². The molecule has 4 rings (SSSR count). The van der Waals surface area contributed by atoms with Gasteiger partial charge in [-0.15, -0.1) is 0 Å². The second kappa shape index (κ2) is 12.4. The number of esters is 1. The summed E-state index contributed by atoms with van der Waals surface area (Å²) in [7, 11) is 1.28. The number of aryl methyl sites for hydroxylation is 1. The Morgan fingerprint density at radius 1 is 0.957 bits per heavy atom. The van der Waals surface area contributed by atoms with E-state index >= 15 is 0 Å². The summed E-state index contributed by atoms with van der Waals surface area (Å²) in [4.78, 5) is 44.3. The zero-order valence-corrected chi connectivity index (χ0v) is 25.4. The third-order valence-electron chi connectivity index (χ3n) is 7.92. The average Bonchev–Trinajstić information content (AvgIpc) is 3.37. The van der Waals surface area contributed by atoms with Gasteiger partial charge in [-0.3, -0.25) is 19.4 Å². The number of likely N-dealkylation sites (N-methyl/N-ethyl adjacent to an activating group) is 1. The normalized spacial score (nSPS) is 17.1. The number of benzene rings is 2. The first kappa shape index (κ1) is 34.4. The van der Waals surface area contributed by atoms with Gasteiger partial charge in [-0.2, -0.15) is 26.3 Å². The Hall–Kier alpha value is -4.49. The van der Waals surface area contributed by atoms with Gasteiger partial charge in [-0.1, -0.05) is 6.07 Å². The van der Waals surface area contributed by atoms with E-state index in [-0.39, 0.29) is 36.0 Å². The number of hydrogen-bond acceptors (Lipinski definition) is 5. The molecule has 46 heavy (non-hydrogen) atoms. The van der Waals surface area contributed by atoms with Gasteiger partial charge in [0.25, 0.3) is 0 Å². The minimum atomic E-state index is -5.12. The highest BCUT2D eigenvalue weighted by molar-refractivity contribution is 6.03. The number of carbonyl (C=O) groups excluding carboxylic acids is 3. The Labute approximate surface area is 259 Å². The van der Waals surface area contributed by atoms with Crippen LogP contribution in [0.15, 0.2) is 48.7 Å². The Morgan fingerprint density at radius 2 is 1.54 bits per heavy atom. The number of pyridine rings is 1. The molecule has 0 spiro atoms. The van der Waals surface area contributed by atoms with Crippen LogP contribution < -0.4 is 10.2 Å². The summed E-state index contributed by atoms with van der Waals surface area (Å²) in [5.41, 5.74) is -4.18. The molecule has 2 atom stereocenters. The Kier molecular flexibility index (Phi) is 9.24. The van der Waals surface area contributed by atoms with E-state index in [2.05, 4.69) is 10.3 Å². The molecular formula is C32H30F7N3O4. The molecule has 1 aliphatic heterocycles. The summed E-state index contributed by atoms with van der Waals surface area (Å²) in [6, 6.07) is 5.39. The van der Waals surface area contributed by atoms with Crippen molar-refractivity contribution < 1.29 is 49.9 Å². The second-order valence-corrected chi connectivity index (χ2v) is 11.5. The number of carbonyl (C=O) groups is 3. The predicted octanol–water partition coefficient (Wildman–Crippen LogP) is 6.91. The van der Waals surface area contributed by atoms with Crippen LogP contribution >= 0.6 is 0 Å². The highest BCUT2D eigenvalue weighted by atomic mass is 19.4. The maximum Gasteiger partial charge on any atom is 0.416 e. The van der Waals surface area contributed by atoms with E-state index in [1.807, 2.05) is 0 Å². The van der Waals surface area contributed by atoms with E-state index < -0.39 is 70.0 Å². The van der Waals surface area contributed by atoms with Crippen molar-refractivity contribution in [1.29, 1.82) is 0 Å². The predicted molar refractivity (Wildman–Crippen MR) is 153 cm³/mol. The summed E-state index contributed by atoms with van der Waals surface area (Å²) >= 11 is 0. The molecule has 1 fully saturated rings. The molecule has 2 aromatic carbocycles. The molecule has 2 unspecified atom stereocenters. The number of aromatic nitrogens is 1. The number of halogens is 7. The Balaban J connectivity index is 1.85. The van der Waals surface area contributed by atoms with Crippen molar-refractivity contribution in [2.75, 3.05) is 18.6 Å². The molecule has 0 bridgehead atoms. The van der Waals surface area contributed by atoms with E-state index in [4.69, 9.17) is 4.74 Å². The molecule has 2 amide bonds. The van der Waals surface area contributed by atoms with Gasteiger partial charge in [0.15, 0.2) is 0 Å². The van der Waals surface area contributed by atoms with Crippen molar-refractivity contribution in [1.82, 2.24) is 10.3 Å². The van der Waals surface area contributed by atoms with Crippen LogP contribution in [0, 0.1) is 18.7 Å². The van der Waals surface area contributed by atoms with Crippen molar-refractivity contribution in [3.05, 3.63) is 82.4 Å². The fourth-order valence-electron chi connectivity index (χ4n) is 5.41. The first-order valence-corrected chi connectivity index (χ1v) is 14.1. The molecule has 0 radical (unpaired) electrons. The van der Waals surface area contributed by atoms with Crippen LogP contribution in [0.4, 0.5) is 36.4 Å². The molecule has 1 aromatic heterocycles. The summed E-state index contributed by atoms with van der Waals surface area (Å²) < 4.78 is 101. The summed E-state index contributed by atoms with van der Waals surface area (Å²) in [6.07, 6.45) is -9.17. The lowest BCUT2D eigenvalue weighted by atomic mass is 9.81. The first-order valence-electron chi connectivity index (χ1n) is 14.1. The molecule has 1 aliphatic rings. The molecule has 3 aromatic rings.